The van der Waals surface area contributed by atoms with E-state index in [1.165, 1.54) is 16.1 Å². The largest absolute Gasteiger partial charge is 0.416 e. The molecule has 2 aromatic carbocycles. The van der Waals surface area contributed by atoms with Crippen LogP contribution >= 0.6 is 11.8 Å². The molecule has 1 aliphatic heterocycles. The Morgan fingerprint density at radius 1 is 0.967 bits per heavy atom. The molecular formula is C20H21F3N2O3S2. The molecule has 30 heavy (non-hydrogen) atoms. The number of sulfonamides is 1. The third-order valence-corrected chi connectivity index (χ3v) is 7.79. The van der Waals surface area contributed by atoms with E-state index in [2.05, 4.69) is 0 Å². The van der Waals surface area contributed by atoms with Crippen molar-refractivity contribution in [1.82, 2.24) is 9.21 Å². The lowest BCUT2D eigenvalue weighted by molar-refractivity contribution is -0.137. The van der Waals surface area contributed by atoms with Crippen LogP contribution in [0.4, 0.5) is 13.2 Å². The number of alkyl halides is 3. The van der Waals surface area contributed by atoms with E-state index >= 15 is 0 Å². The predicted molar refractivity (Wildman–Crippen MR) is 109 cm³/mol. The highest BCUT2D eigenvalue weighted by Crippen LogP contribution is 2.30. The Morgan fingerprint density at radius 3 is 2.07 bits per heavy atom. The predicted octanol–water partition coefficient (Wildman–Crippen LogP) is 3.72. The molecule has 0 spiro atoms. The number of rotatable bonds is 5. The van der Waals surface area contributed by atoms with Gasteiger partial charge in [-0.25, -0.2) is 8.42 Å². The number of nitrogens with zero attached hydrogens (tertiary/aromatic N) is 2. The second-order valence-electron chi connectivity index (χ2n) is 6.82. The Morgan fingerprint density at radius 2 is 1.53 bits per heavy atom. The maximum Gasteiger partial charge on any atom is 0.416 e. The third-order valence-electron chi connectivity index (χ3n) is 4.77. The first-order chi connectivity index (χ1) is 14.1. The molecule has 1 unspecified atom stereocenters. The smallest absolute Gasteiger partial charge is 0.339 e. The molecule has 0 aromatic heterocycles. The number of carbonyl (C=O) groups is 1. The van der Waals surface area contributed by atoms with E-state index in [0.29, 0.717) is 0 Å². The zero-order chi connectivity index (χ0) is 21.9. The minimum atomic E-state index is -4.53. The Hall–Kier alpha value is -2.04. The quantitative estimate of drug-likeness (QED) is 0.641. The van der Waals surface area contributed by atoms with Crippen molar-refractivity contribution >= 4 is 27.7 Å². The first-order valence-corrected chi connectivity index (χ1v) is 11.6. The molecule has 0 bridgehead atoms. The van der Waals surface area contributed by atoms with Gasteiger partial charge < -0.3 is 4.90 Å². The summed E-state index contributed by atoms with van der Waals surface area (Å²) in [5.41, 5.74) is -0.901. The summed E-state index contributed by atoms with van der Waals surface area (Å²) in [4.78, 5) is 15.1. The number of carbonyl (C=O) groups excluding carboxylic acids is 1. The normalized spacial score (nSPS) is 17.0. The summed E-state index contributed by atoms with van der Waals surface area (Å²) in [6, 6.07) is 13.0. The molecule has 0 saturated carbocycles. The monoisotopic (exact) mass is 458 g/mol. The molecule has 1 fully saturated rings. The minimum absolute atomic E-state index is 0.0737. The molecule has 1 saturated heterocycles. The number of hydrogen-bond acceptors (Lipinski definition) is 4. The van der Waals surface area contributed by atoms with Gasteiger partial charge in [-0.3, -0.25) is 4.79 Å². The Bertz CT molecular complexity index is 973. The molecule has 1 atom stereocenters. The van der Waals surface area contributed by atoms with Crippen molar-refractivity contribution < 1.29 is 26.4 Å². The summed E-state index contributed by atoms with van der Waals surface area (Å²) in [7, 11) is -3.92. The summed E-state index contributed by atoms with van der Waals surface area (Å²) >= 11 is 1.44. The van der Waals surface area contributed by atoms with Crippen LogP contribution in [0.15, 0.2) is 64.4 Å². The van der Waals surface area contributed by atoms with Gasteiger partial charge in [0.25, 0.3) is 0 Å². The van der Waals surface area contributed by atoms with Gasteiger partial charge >= 0.3 is 6.18 Å². The lowest BCUT2D eigenvalue weighted by Crippen LogP contribution is -2.52. The molecule has 0 radical (unpaired) electrons. The summed E-state index contributed by atoms with van der Waals surface area (Å²) in [6.45, 7) is 2.47. The molecule has 162 valence electrons. The zero-order valence-corrected chi connectivity index (χ0v) is 17.8. The zero-order valence-electron chi connectivity index (χ0n) is 16.2. The molecule has 1 heterocycles. The van der Waals surface area contributed by atoms with Gasteiger partial charge in [0.2, 0.25) is 15.9 Å². The minimum Gasteiger partial charge on any atom is -0.339 e. The van der Waals surface area contributed by atoms with Gasteiger partial charge in [0.1, 0.15) is 0 Å². The highest BCUT2D eigenvalue weighted by atomic mass is 32.2. The van der Waals surface area contributed by atoms with Gasteiger partial charge in [-0.2, -0.15) is 17.5 Å². The molecule has 2 aromatic rings. The summed E-state index contributed by atoms with van der Waals surface area (Å²) in [5.74, 6) is -0.0737. The van der Waals surface area contributed by atoms with Gasteiger partial charge in [0.15, 0.2) is 0 Å². The van der Waals surface area contributed by atoms with E-state index in [9.17, 15) is 26.4 Å². The van der Waals surface area contributed by atoms with E-state index in [1.54, 1.807) is 4.90 Å². The number of benzene rings is 2. The van der Waals surface area contributed by atoms with Crippen LogP contribution < -0.4 is 0 Å². The number of piperazine rings is 1. The second-order valence-corrected chi connectivity index (χ2v) is 10.2. The van der Waals surface area contributed by atoms with Gasteiger partial charge in [-0.15, -0.1) is 11.8 Å². The Kier molecular flexibility index (Phi) is 6.78. The fraction of sp³-hybridized carbons (Fsp3) is 0.350. The van der Waals surface area contributed by atoms with E-state index in [0.717, 1.165) is 29.2 Å². The lowest BCUT2D eigenvalue weighted by Gasteiger charge is -2.35. The van der Waals surface area contributed by atoms with Crippen molar-refractivity contribution in [3.05, 3.63) is 60.2 Å². The molecule has 3 rings (SSSR count). The van der Waals surface area contributed by atoms with Crippen LogP contribution in [0.5, 0.6) is 0 Å². The van der Waals surface area contributed by atoms with E-state index in [4.69, 9.17) is 0 Å². The first kappa shape index (κ1) is 22.6. The molecule has 1 aliphatic rings. The standard InChI is InChI=1S/C20H21F3N2O3S2/c1-15(29-17-5-3-2-4-6-17)19(26)24-11-13-25(14-12-24)30(27,28)18-9-7-16(8-10-18)20(21,22)23/h2-10,15H,11-14H2,1H3. The van der Waals surface area contributed by atoms with Crippen LogP contribution in [0.2, 0.25) is 0 Å². The highest BCUT2D eigenvalue weighted by Gasteiger charge is 2.33. The number of halogens is 3. The molecule has 5 nitrogen and oxygen atoms in total. The van der Waals surface area contributed by atoms with E-state index in [1.807, 2.05) is 37.3 Å². The van der Waals surface area contributed by atoms with Crippen LogP contribution in [0.1, 0.15) is 12.5 Å². The molecule has 1 amide bonds. The van der Waals surface area contributed by atoms with Crippen molar-refractivity contribution in [3.8, 4) is 0 Å². The summed E-state index contributed by atoms with van der Waals surface area (Å²) in [6.07, 6.45) is -4.53. The first-order valence-electron chi connectivity index (χ1n) is 9.27. The van der Waals surface area contributed by atoms with Crippen molar-refractivity contribution in [2.24, 2.45) is 0 Å². The number of hydrogen-bond donors (Lipinski definition) is 0. The van der Waals surface area contributed by atoms with Crippen molar-refractivity contribution in [1.29, 1.82) is 0 Å². The van der Waals surface area contributed by atoms with Crippen molar-refractivity contribution in [3.63, 3.8) is 0 Å². The SMILES string of the molecule is CC(Sc1ccccc1)C(=O)N1CCN(S(=O)(=O)c2ccc(C(F)(F)F)cc2)CC1. The van der Waals surface area contributed by atoms with Crippen LogP contribution in [-0.4, -0.2) is 55.0 Å². The summed E-state index contributed by atoms with van der Waals surface area (Å²) < 4.78 is 64.8. The van der Waals surface area contributed by atoms with Crippen LogP contribution in [-0.2, 0) is 21.0 Å². The fourth-order valence-electron chi connectivity index (χ4n) is 3.12. The Balaban J connectivity index is 1.60. The highest BCUT2D eigenvalue weighted by molar-refractivity contribution is 8.00. The van der Waals surface area contributed by atoms with Crippen LogP contribution in [0.3, 0.4) is 0 Å². The Labute approximate surface area is 177 Å². The van der Waals surface area contributed by atoms with E-state index in [-0.39, 0.29) is 42.2 Å². The molecular weight excluding hydrogens is 437 g/mol. The van der Waals surface area contributed by atoms with Gasteiger partial charge in [0, 0.05) is 31.1 Å². The summed E-state index contributed by atoms with van der Waals surface area (Å²) in [5, 5.41) is -0.314. The topological polar surface area (TPSA) is 57.7 Å². The molecule has 0 aliphatic carbocycles. The maximum atomic E-state index is 12.7. The molecule has 0 N–H and O–H groups in total. The molecule has 10 heteroatoms. The number of amides is 1. The van der Waals surface area contributed by atoms with Gasteiger partial charge in [0.05, 0.1) is 15.7 Å². The van der Waals surface area contributed by atoms with E-state index < -0.39 is 21.8 Å². The third kappa shape index (κ3) is 5.16. The van der Waals surface area contributed by atoms with Crippen molar-refractivity contribution in [2.45, 2.75) is 28.1 Å². The second kappa shape index (κ2) is 8.99. The fourth-order valence-corrected chi connectivity index (χ4v) is 5.52. The van der Waals surface area contributed by atoms with Gasteiger partial charge in [-0.05, 0) is 43.3 Å². The van der Waals surface area contributed by atoms with Crippen molar-refractivity contribution in [2.75, 3.05) is 26.2 Å². The number of thioether (sulfide) groups is 1. The average Bonchev–Trinajstić information content (AvgIpc) is 2.73. The van der Waals surface area contributed by atoms with Crippen LogP contribution in [0, 0.1) is 0 Å². The van der Waals surface area contributed by atoms with Crippen LogP contribution in [0.25, 0.3) is 0 Å². The average molecular weight is 459 g/mol. The maximum absolute atomic E-state index is 12.7. The lowest BCUT2D eigenvalue weighted by atomic mass is 10.2. The van der Waals surface area contributed by atoms with Gasteiger partial charge in [-0.1, -0.05) is 18.2 Å².